The van der Waals surface area contributed by atoms with E-state index in [4.69, 9.17) is 0 Å². The van der Waals surface area contributed by atoms with Gasteiger partial charge in [0.2, 0.25) is 0 Å². The molecule has 0 fully saturated rings. The van der Waals surface area contributed by atoms with Gasteiger partial charge in [-0.3, -0.25) is 4.79 Å². The maximum atomic E-state index is 12.2. The van der Waals surface area contributed by atoms with Gasteiger partial charge in [-0.2, -0.15) is 0 Å². The van der Waals surface area contributed by atoms with Crippen molar-refractivity contribution in [2.24, 2.45) is 0 Å². The van der Waals surface area contributed by atoms with Gasteiger partial charge in [-0.15, -0.1) is 0 Å². The Morgan fingerprint density at radius 3 is 2.27 bits per heavy atom. The lowest BCUT2D eigenvalue weighted by atomic mass is 9.84. The largest absolute Gasteiger partial charge is 0.478 e. The summed E-state index contributed by atoms with van der Waals surface area (Å²) in [6.07, 6.45) is 0. The first-order valence-electron chi connectivity index (χ1n) is 8.63. The number of amides is 1. The molecule has 2 rings (SSSR count). The third-order valence-electron chi connectivity index (χ3n) is 3.90. The smallest absolute Gasteiger partial charge is 0.335 e. The Labute approximate surface area is 154 Å². The van der Waals surface area contributed by atoms with Crippen LogP contribution in [0.3, 0.4) is 0 Å². The summed E-state index contributed by atoms with van der Waals surface area (Å²) in [5.74, 6) is -1.07. The van der Waals surface area contributed by atoms with Crippen molar-refractivity contribution in [3.8, 4) is 0 Å². The zero-order valence-corrected chi connectivity index (χ0v) is 15.9. The number of aromatic carboxylic acids is 1. The minimum Gasteiger partial charge on any atom is -0.478 e. The predicted molar refractivity (Wildman–Crippen MR) is 104 cm³/mol. The number of hydrogen-bond acceptors (Lipinski definition) is 3. The fourth-order valence-corrected chi connectivity index (χ4v) is 2.65. The van der Waals surface area contributed by atoms with Gasteiger partial charge in [0, 0.05) is 23.0 Å². The summed E-state index contributed by atoms with van der Waals surface area (Å²) in [4.78, 5) is 23.5. The van der Waals surface area contributed by atoms with Crippen LogP contribution >= 0.6 is 0 Å². The van der Waals surface area contributed by atoms with Gasteiger partial charge in [-0.05, 0) is 61.2 Å². The van der Waals surface area contributed by atoms with Crippen LogP contribution in [0.15, 0.2) is 42.5 Å². The predicted octanol–water partition coefficient (Wildman–Crippen LogP) is 4.56. The number of carbonyl (C=O) groups excluding carboxylic acids is 1. The van der Waals surface area contributed by atoms with Crippen molar-refractivity contribution in [3.05, 3.63) is 59.2 Å². The number of carboxylic acids is 1. The highest BCUT2D eigenvalue weighted by atomic mass is 16.4. The molecule has 3 N–H and O–H groups in total. The van der Waals surface area contributed by atoms with E-state index in [-0.39, 0.29) is 22.9 Å². The second kappa shape index (κ2) is 7.60. The topological polar surface area (TPSA) is 78.4 Å². The van der Waals surface area contributed by atoms with E-state index in [1.807, 2.05) is 46.8 Å². The maximum Gasteiger partial charge on any atom is 0.335 e. The third-order valence-corrected chi connectivity index (χ3v) is 3.90. The quantitative estimate of drug-likeness (QED) is 0.735. The number of carbonyl (C=O) groups is 2. The van der Waals surface area contributed by atoms with Gasteiger partial charge in [0.15, 0.2) is 0 Å². The van der Waals surface area contributed by atoms with E-state index in [1.165, 1.54) is 0 Å². The van der Waals surface area contributed by atoms with E-state index in [9.17, 15) is 14.7 Å². The molecule has 0 aliphatic heterocycles. The summed E-state index contributed by atoms with van der Waals surface area (Å²) >= 11 is 0. The highest BCUT2D eigenvalue weighted by Gasteiger charge is 2.20. The van der Waals surface area contributed by atoms with Crippen LogP contribution in [0.1, 0.15) is 60.9 Å². The van der Waals surface area contributed by atoms with Crippen molar-refractivity contribution < 1.29 is 14.7 Å². The summed E-state index contributed by atoms with van der Waals surface area (Å²) in [7, 11) is 0. The molecule has 5 nitrogen and oxygen atoms in total. The second-order valence-electron chi connectivity index (χ2n) is 7.65. The Morgan fingerprint density at radius 1 is 1.00 bits per heavy atom. The van der Waals surface area contributed by atoms with Crippen molar-refractivity contribution in [3.63, 3.8) is 0 Å². The van der Waals surface area contributed by atoms with Gasteiger partial charge in [-0.1, -0.05) is 26.8 Å². The highest BCUT2D eigenvalue weighted by molar-refractivity contribution is 5.95. The number of anilines is 2. The van der Waals surface area contributed by atoms with Gasteiger partial charge < -0.3 is 15.7 Å². The molecule has 5 heteroatoms. The van der Waals surface area contributed by atoms with Gasteiger partial charge in [0.05, 0.1) is 5.56 Å². The summed E-state index contributed by atoms with van der Waals surface area (Å²) in [5, 5.41) is 15.5. The van der Waals surface area contributed by atoms with Crippen LogP contribution in [0.5, 0.6) is 0 Å². The van der Waals surface area contributed by atoms with Gasteiger partial charge in [-0.25, -0.2) is 4.79 Å². The number of hydrogen-bond donors (Lipinski definition) is 3. The van der Waals surface area contributed by atoms with Crippen molar-refractivity contribution in [1.29, 1.82) is 0 Å². The van der Waals surface area contributed by atoms with Crippen molar-refractivity contribution in [1.82, 2.24) is 5.32 Å². The Bertz CT molecular complexity index is 820. The zero-order chi connectivity index (χ0) is 19.5. The molecule has 0 aromatic heterocycles. The second-order valence-corrected chi connectivity index (χ2v) is 7.65. The molecule has 0 heterocycles. The molecule has 138 valence electrons. The molecular weight excluding hydrogens is 328 g/mol. The molecule has 0 saturated heterocycles. The number of carboxylic acid groups (broad SMARTS) is 1. The lowest BCUT2D eigenvalue weighted by Crippen LogP contribution is -2.30. The molecule has 0 saturated carbocycles. The average Bonchev–Trinajstić information content (AvgIpc) is 2.53. The van der Waals surface area contributed by atoms with E-state index in [0.29, 0.717) is 5.56 Å². The van der Waals surface area contributed by atoms with Crippen LogP contribution in [-0.4, -0.2) is 23.0 Å². The summed E-state index contributed by atoms with van der Waals surface area (Å²) < 4.78 is 0. The van der Waals surface area contributed by atoms with E-state index < -0.39 is 5.97 Å². The fraction of sp³-hybridized carbons (Fsp3) is 0.333. The highest BCUT2D eigenvalue weighted by Crippen LogP contribution is 2.32. The van der Waals surface area contributed by atoms with Crippen molar-refractivity contribution in [2.75, 3.05) is 5.32 Å². The lowest BCUT2D eigenvalue weighted by molar-refractivity contribution is 0.0696. The first kappa shape index (κ1) is 19.5. The minimum atomic E-state index is -0.950. The molecule has 2 aromatic rings. The molecular formula is C21H26N2O3. The first-order valence-corrected chi connectivity index (χ1v) is 8.63. The maximum absolute atomic E-state index is 12.2. The fourth-order valence-electron chi connectivity index (χ4n) is 2.65. The van der Waals surface area contributed by atoms with Crippen LogP contribution in [0.2, 0.25) is 0 Å². The number of nitrogens with one attached hydrogen (secondary N) is 2. The molecule has 2 aromatic carbocycles. The van der Waals surface area contributed by atoms with Gasteiger partial charge >= 0.3 is 5.97 Å². The molecule has 26 heavy (non-hydrogen) atoms. The molecule has 0 atom stereocenters. The first-order chi connectivity index (χ1) is 12.1. The lowest BCUT2D eigenvalue weighted by Gasteiger charge is -2.24. The molecule has 0 unspecified atom stereocenters. The van der Waals surface area contributed by atoms with Crippen LogP contribution in [0, 0.1) is 0 Å². The van der Waals surface area contributed by atoms with Gasteiger partial charge in [0.25, 0.3) is 5.91 Å². The van der Waals surface area contributed by atoms with Crippen molar-refractivity contribution in [2.45, 2.75) is 46.1 Å². The standard InChI is InChI=1S/C21H26N2O3/c1-13(2)22-19(24)14-7-6-8-16(11-14)23-18-10-9-15(20(25)26)12-17(18)21(3,4)5/h6-13,23H,1-5H3,(H,22,24)(H,25,26). The van der Waals surface area contributed by atoms with E-state index in [2.05, 4.69) is 10.6 Å². The number of rotatable bonds is 5. The summed E-state index contributed by atoms with van der Waals surface area (Å²) in [6.45, 7) is 9.93. The molecule has 0 radical (unpaired) electrons. The van der Waals surface area contributed by atoms with E-state index in [0.717, 1.165) is 16.9 Å². The Hall–Kier alpha value is -2.82. The van der Waals surface area contributed by atoms with E-state index >= 15 is 0 Å². The van der Waals surface area contributed by atoms with Crippen LogP contribution in [0.25, 0.3) is 0 Å². The van der Waals surface area contributed by atoms with E-state index in [1.54, 1.807) is 30.3 Å². The van der Waals surface area contributed by atoms with Crippen LogP contribution < -0.4 is 10.6 Å². The number of benzene rings is 2. The third kappa shape index (κ3) is 4.85. The summed E-state index contributed by atoms with van der Waals surface area (Å²) in [5.41, 5.74) is 3.09. The van der Waals surface area contributed by atoms with Crippen LogP contribution in [-0.2, 0) is 5.41 Å². The van der Waals surface area contributed by atoms with Crippen LogP contribution in [0.4, 0.5) is 11.4 Å². The molecule has 0 aliphatic rings. The minimum absolute atomic E-state index is 0.0650. The average molecular weight is 354 g/mol. The normalized spacial score (nSPS) is 11.3. The Morgan fingerprint density at radius 2 is 1.69 bits per heavy atom. The Balaban J connectivity index is 2.36. The molecule has 1 amide bonds. The van der Waals surface area contributed by atoms with Gasteiger partial charge in [0.1, 0.15) is 0 Å². The summed E-state index contributed by atoms with van der Waals surface area (Å²) in [6, 6.07) is 12.4. The SMILES string of the molecule is CC(C)NC(=O)c1cccc(Nc2ccc(C(=O)O)cc2C(C)(C)C)c1. The monoisotopic (exact) mass is 354 g/mol. The molecule has 0 bridgehead atoms. The molecule has 0 aliphatic carbocycles. The zero-order valence-electron chi connectivity index (χ0n) is 15.9. The molecule has 0 spiro atoms. The van der Waals surface area contributed by atoms with Crippen molar-refractivity contribution >= 4 is 23.3 Å². The Kier molecular flexibility index (Phi) is 5.70.